The lowest BCUT2D eigenvalue weighted by atomic mass is 10.1. The molecule has 0 N–H and O–H groups in total. The maximum Gasteiger partial charge on any atom is 0.119 e. The zero-order valence-corrected chi connectivity index (χ0v) is 11.3. The Bertz CT molecular complexity index is 370. The molecule has 0 heterocycles. The van der Waals surface area contributed by atoms with Gasteiger partial charge in [0.25, 0.3) is 0 Å². The summed E-state index contributed by atoms with van der Waals surface area (Å²) in [6.07, 6.45) is 1.81. The van der Waals surface area contributed by atoms with Crippen LogP contribution in [0.25, 0.3) is 0 Å². The molecule has 0 amide bonds. The van der Waals surface area contributed by atoms with Crippen LogP contribution in [0.3, 0.4) is 0 Å². The second kappa shape index (κ2) is 8.03. The summed E-state index contributed by atoms with van der Waals surface area (Å²) in [7, 11) is 0. The van der Waals surface area contributed by atoms with Gasteiger partial charge in [0.05, 0.1) is 6.61 Å². The molecule has 0 aliphatic carbocycles. The molecule has 0 aliphatic rings. The Morgan fingerprint density at radius 3 is 2.53 bits per heavy atom. The number of benzene rings is 1. The van der Waals surface area contributed by atoms with E-state index in [9.17, 15) is 0 Å². The van der Waals surface area contributed by atoms with Crippen LogP contribution in [0.1, 0.15) is 32.3 Å². The number of ether oxygens (including phenoxy) is 1. The van der Waals surface area contributed by atoms with E-state index in [-0.39, 0.29) is 0 Å². The largest absolute Gasteiger partial charge is 0.494 e. The molecule has 1 nitrogen and oxygen atoms in total. The highest BCUT2D eigenvalue weighted by atomic mass is 35.5. The van der Waals surface area contributed by atoms with Gasteiger partial charge in [0.1, 0.15) is 5.75 Å². The lowest BCUT2D eigenvalue weighted by Gasteiger charge is -2.07. The molecule has 0 aliphatic heterocycles. The summed E-state index contributed by atoms with van der Waals surface area (Å²) < 4.78 is 5.63. The SMILES string of the molecule is CC(C)CCOc1ccc(C#CCCCl)cc1. The number of hydrogen-bond donors (Lipinski definition) is 0. The summed E-state index contributed by atoms with van der Waals surface area (Å²) in [5.41, 5.74) is 1.01. The fourth-order valence-corrected chi connectivity index (χ4v) is 1.35. The second-order valence-electron chi connectivity index (χ2n) is 4.30. The minimum absolute atomic E-state index is 0.587. The molecule has 92 valence electrons. The van der Waals surface area contributed by atoms with Crippen LogP contribution in [-0.2, 0) is 0 Å². The molecule has 0 saturated heterocycles. The van der Waals surface area contributed by atoms with Crippen LogP contribution >= 0.6 is 11.6 Å². The Morgan fingerprint density at radius 2 is 1.94 bits per heavy atom. The average molecular weight is 251 g/mol. The van der Waals surface area contributed by atoms with E-state index in [4.69, 9.17) is 16.3 Å². The molecule has 17 heavy (non-hydrogen) atoms. The molecule has 1 rings (SSSR count). The topological polar surface area (TPSA) is 9.23 Å². The highest BCUT2D eigenvalue weighted by molar-refractivity contribution is 6.18. The van der Waals surface area contributed by atoms with Crippen LogP contribution in [0.5, 0.6) is 5.75 Å². The van der Waals surface area contributed by atoms with Gasteiger partial charge in [-0.1, -0.05) is 25.7 Å². The molecular weight excluding hydrogens is 232 g/mol. The summed E-state index contributed by atoms with van der Waals surface area (Å²) in [4.78, 5) is 0. The zero-order valence-electron chi connectivity index (χ0n) is 10.5. The molecule has 0 radical (unpaired) electrons. The summed E-state index contributed by atoms with van der Waals surface area (Å²) in [5.74, 6) is 8.24. The van der Waals surface area contributed by atoms with Crippen molar-refractivity contribution in [2.45, 2.75) is 26.7 Å². The molecule has 0 unspecified atom stereocenters. The van der Waals surface area contributed by atoms with Crippen LogP contribution in [-0.4, -0.2) is 12.5 Å². The average Bonchev–Trinajstić information content (AvgIpc) is 2.31. The zero-order chi connectivity index (χ0) is 12.5. The molecule has 0 bridgehead atoms. The van der Waals surface area contributed by atoms with E-state index in [1.807, 2.05) is 24.3 Å². The van der Waals surface area contributed by atoms with Gasteiger partial charge >= 0.3 is 0 Å². The lowest BCUT2D eigenvalue weighted by Crippen LogP contribution is -2.01. The van der Waals surface area contributed by atoms with Crippen molar-refractivity contribution in [2.75, 3.05) is 12.5 Å². The third-order valence-corrected chi connectivity index (χ3v) is 2.46. The Morgan fingerprint density at radius 1 is 1.24 bits per heavy atom. The highest BCUT2D eigenvalue weighted by Crippen LogP contribution is 2.12. The van der Waals surface area contributed by atoms with E-state index in [0.29, 0.717) is 11.8 Å². The summed E-state index contributed by atoms with van der Waals surface area (Å²) in [6.45, 7) is 5.16. The monoisotopic (exact) mass is 250 g/mol. The first-order valence-electron chi connectivity index (χ1n) is 6.00. The quantitative estimate of drug-likeness (QED) is 0.565. The molecule has 1 aromatic rings. The van der Waals surface area contributed by atoms with Crippen molar-refractivity contribution >= 4 is 11.6 Å². The van der Waals surface area contributed by atoms with Gasteiger partial charge in [-0.15, -0.1) is 11.6 Å². The number of rotatable bonds is 5. The smallest absolute Gasteiger partial charge is 0.119 e. The predicted molar refractivity (Wildman–Crippen MR) is 73.6 cm³/mol. The van der Waals surface area contributed by atoms with Crippen molar-refractivity contribution < 1.29 is 4.74 Å². The van der Waals surface area contributed by atoms with Crippen LogP contribution in [0.4, 0.5) is 0 Å². The maximum absolute atomic E-state index is 5.63. The van der Waals surface area contributed by atoms with Crippen LogP contribution in [0, 0.1) is 17.8 Å². The van der Waals surface area contributed by atoms with Gasteiger partial charge in [0, 0.05) is 17.9 Å². The molecule has 2 heteroatoms. The summed E-state index contributed by atoms with van der Waals surface area (Å²) in [6, 6.07) is 7.88. The van der Waals surface area contributed by atoms with Crippen molar-refractivity contribution in [2.24, 2.45) is 5.92 Å². The van der Waals surface area contributed by atoms with E-state index >= 15 is 0 Å². The van der Waals surface area contributed by atoms with Gasteiger partial charge in [-0.2, -0.15) is 0 Å². The van der Waals surface area contributed by atoms with Gasteiger partial charge < -0.3 is 4.74 Å². The highest BCUT2D eigenvalue weighted by Gasteiger charge is 1.96. The molecule has 1 aromatic carbocycles. The molecular formula is C15H19ClO. The first kappa shape index (κ1) is 13.9. The summed E-state index contributed by atoms with van der Waals surface area (Å²) >= 11 is 5.55. The molecule has 0 spiro atoms. The van der Waals surface area contributed by atoms with Crippen molar-refractivity contribution in [3.63, 3.8) is 0 Å². The van der Waals surface area contributed by atoms with Gasteiger partial charge in [-0.05, 0) is 36.6 Å². The van der Waals surface area contributed by atoms with E-state index in [2.05, 4.69) is 25.7 Å². The van der Waals surface area contributed by atoms with Crippen molar-refractivity contribution in [1.29, 1.82) is 0 Å². The van der Waals surface area contributed by atoms with Gasteiger partial charge in [-0.25, -0.2) is 0 Å². The number of hydrogen-bond acceptors (Lipinski definition) is 1. The van der Waals surface area contributed by atoms with Gasteiger partial charge in [0.2, 0.25) is 0 Å². The Kier molecular flexibility index (Phi) is 6.58. The predicted octanol–water partition coefficient (Wildman–Crippen LogP) is 4.09. The Hall–Kier alpha value is -1.13. The van der Waals surface area contributed by atoms with Crippen LogP contribution < -0.4 is 4.74 Å². The molecule has 0 saturated carbocycles. The Balaban J connectivity index is 2.43. The maximum atomic E-state index is 5.63. The van der Waals surface area contributed by atoms with E-state index in [0.717, 1.165) is 30.8 Å². The van der Waals surface area contributed by atoms with E-state index < -0.39 is 0 Å². The molecule has 0 aromatic heterocycles. The molecule has 0 fully saturated rings. The lowest BCUT2D eigenvalue weighted by molar-refractivity contribution is 0.289. The van der Waals surface area contributed by atoms with Crippen molar-refractivity contribution in [1.82, 2.24) is 0 Å². The summed E-state index contributed by atoms with van der Waals surface area (Å²) in [5, 5.41) is 0. The third-order valence-electron chi connectivity index (χ3n) is 2.27. The fourth-order valence-electron chi connectivity index (χ4n) is 1.26. The second-order valence-corrected chi connectivity index (χ2v) is 4.67. The van der Waals surface area contributed by atoms with Crippen molar-refractivity contribution in [3.05, 3.63) is 29.8 Å². The molecule has 0 atom stereocenters. The fraction of sp³-hybridized carbons (Fsp3) is 0.467. The van der Waals surface area contributed by atoms with Crippen molar-refractivity contribution in [3.8, 4) is 17.6 Å². The first-order valence-corrected chi connectivity index (χ1v) is 6.53. The van der Waals surface area contributed by atoms with E-state index in [1.54, 1.807) is 0 Å². The van der Waals surface area contributed by atoms with Gasteiger partial charge in [-0.3, -0.25) is 0 Å². The first-order chi connectivity index (χ1) is 8.22. The van der Waals surface area contributed by atoms with Crippen LogP contribution in [0.2, 0.25) is 0 Å². The minimum atomic E-state index is 0.587. The van der Waals surface area contributed by atoms with E-state index in [1.165, 1.54) is 0 Å². The van der Waals surface area contributed by atoms with Gasteiger partial charge in [0.15, 0.2) is 0 Å². The number of halogens is 1. The normalized spacial score (nSPS) is 9.88. The van der Waals surface area contributed by atoms with Crippen LogP contribution in [0.15, 0.2) is 24.3 Å². The standard InChI is InChI=1S/C15H19ClO/c1-13(2)10-12-17-15-8-6-14(7-9-15)5-3-4-11-16/h6-9,13H,4,10-12H2,1-2H3. The Labute approximate surface area is 109 Å². The third kappa shape index (κ3) is 6.24. The minimum Gasteiger partial charge on any atom is -0.494 e. The number of alkyl halides is 1.